The van der Waals surface area contributed by atoms with Gasteiger partial charge in [0.1, 0.15) is 0 Å². The van der Waals surface area contributed by atoms with Gasteiger partial charge in [-0.3, -0.25) is 9.69 Å². The molecule has 4 rings (SSSR count). The molecule has 0 radical (unpaired) electrons. The van der Waals surface area contributed by atoms with Crippen LogP contribution in [-0.2, 0) is 17.8 Å². The number of nitrogens with zero attached hydrogens (tertiary/aromatic N) is 4. The average Bonchev–Trinajstić information content (AvgIpc) is 2.79. The molecule has 0 aliphatic carbocycles. The molecule has 2 heterocycles. The first-order valence-corrected chi connectivity index (χ1v) is 11.2. The molecule has 1 atom stereocenters. The van der Waals surface area contributed by atoms with Crippen LogP contribution < -0.4 is 4.90 Å². The van der Waals surface area contributed by atoms with E-state index in [1.807, 2.05) is 48.8 Å². The lowest BCUT2D eigenvalue weighted by atomic mass is 9.99. The number of aliphatic carboxylic acids is 1. The summed E-state index contributed by atoms with van der Waals surface area (Å²) in [6.07, 6.45) is 3.89. The van der Waals surface area contributed by atoms with Crippen LogP contribution in [0.1, 0.15) is 25.0 Å². The van der Waals surface area contributed by atoms with Gasteiger partial charge in [0.25, 0.3) is 0 Å². The highest BCUT2D eigenvalue weighted by atomic mass is 16.4. The van der Waals surface area contributed by atoms with Crippen molar-refractivity contribution in [2.45, 2.75) is 32.9 Å². The van der Waals surface area contributed by atoms with Crippen molar-refractivity contribution < 1.29 is 9.90 Å². The number of piperazine rings is 1. The predicted octanol–water partition coefficient (Wildman–Crippen LogP) is 4.12. The van der Waals surface area contributed by atoms with Crippen molar-refractivity contribution in [1.29, 1.82) is 0 Å². The Morgan fingerprint density at radius 1 is 1.00 bits per heavy atom. The molecule has 0 saturated carbocycles. The lowest BCUT2D eigenvalue weighted by molar-refractivity contribution is -0.136. The zero-order valence-electron chi connectivity index (χ0n) is 18.7. The van der Waals surface area contributed by atoms with Gasteiger partial charge in [-0.25, -0.2) is 9.97 Å². The van der Waals surface area contributed by atoms with Crippen LogP contribution >= 0.6 is 0 Å². The second-order valence-corrected chi connectivity index (χ2v) is 8.77. The van der Waals surface area contributed by atoms with Gasteiger partial charge in [-0.15, -0.1) is 0 Å². The van der Waals surface area contributed by atoms with Gasteiger partial charge in [0.15, 0.2) is 0 Å². The molecule has 1 N–H and O–H groups in total. The Morgan fingerprint density at radius 2 is 1.72 bits per heavy atom. The van der Waals surface area contributed by atoms with Crippen molar-refractivity contribution in [1.82, 2.24) is 14.9 Å². The highest BCUT2D eigenvalue weighted by molar-refractivity contribution is 5.70. The maximum atomic E-state index is 11.0. The molecular formula is C26H30N4O2. The number of anilines is 1. The van der Waals surface area contributed by atoms with Gasteiger partial charge in [0.05, 0.1) is 6.42 Å². The van der Waals surface area contributed by atoms with Gasteiger partial charge < -0.3 is 10.0 Å². The van der Waals surface area contributed by atoms with Crippen LogP contribution in [0.4, 0.5) is 5.95 Å². The van der Waals surface area contributed by atoms with E-state index in [2.05, 4.69) is 41.8 Å². The predicted molar refractivity (Wildman–Crippen MR) is 126 cm³/mol. The van der Waals surface area contributed by atoms with Gasteiger partial charge in [0, 0.05) is 50.2 Å². The molecular weight excluding hydrogens is 400 g/mol. The van der Waals surface area contributed by atoms with Crippen LogP contribution in [0.2, 0.25) is 0 Å². The monoisotopic (exact) mass is 430 g/mol. The normalized spacial score (nSPS) is 17.0. The van der Waals surface area contributed by atoms with Crippen LogP contribution in [0.15, 0.2) is 67.0 Å². The minimum Gasteiger partial charge on any atom is -0.481 e. The van der Waals surface area contributed by atoms with E-state index in [4.69, 9.17) is 15.1 Å². The van der Waals surface area contributed by atoms with Crippen LogP contribution in [0.5, 0.6) is 0 Å². The summed E-state index contributed by atoms with van der Waals surface area (Å²) in [6.45, 7) is 8.00. The summed E-state index contributed by atoms with van der Waals surface area (Å²) >= 11 is 0. The molecule has 0 spiro atoms. The topological polar surface area (TPSA) is 69.6 Å². The molecule has 2 aromatic carbocycles. The molecule has 0 amide bonds. The van der Waals surface area contributed by atoms with E-state index in [0.717, 1.165) is 54.4 Å². The van der Waals surface area contributed by atoms with E-state index in [9.17, 15) is 4.79 Å². The van der Waals surface area contributed by atoms with Crippen LogP contribution in [0.3, 0.4) is 0 Å². The second kappa shape index (κ2) is 9.92. The zero-order chi connectivity index (χ0) is 22.5. The van der Waals surface area contributed by atoms with Crippen LogP contribution in [0, 0.1) is 5.92 Å². The van der Waals surface area contributed by atoms with Crippen molar-refractivity contribution in [3.8, 4) is 11.1 Å². The fourth-order valence-corrected chi connectivity index (χ4v) is 4.35. The molecule has 1 saturated heterocycles. The van der Waals surface area contributed by atoms with Gasteiger partial charge in [-0.2, -0.15) is 0 Å². The molecule has 1 aromatic heterocycles. The summed E-state index contributed by atoms with van der Waals surface area (Å²) in [5.41, 5.74) is 4.15. The van der Waals surface area contributed by atoms with Crippen molar-refractivity contribution in [3.05, 3.63) is 78.1 Å². The third-order valence-electron chi connectivity index (χ3n) is 6.03. The first-order chi connectivity index (χ1) is 15.5. The first-order valence-electron chi connectivity index (χ1n) is 11.2. The number of rotatable bonds is 7. The number of carbonyl (C=O) groups is 1. The van der Waals surface area contributed by atoms with E-state index < -0.39 is 5.97 Å². The maximum absolute atomic E-state index is 11.0. The fraction of sp³-hybridized carbons (Fsp3) is 0.346. The molecule has 3 aromatic rings. The Bertz CT molecular complexity index is 1040. The van der Waals surface area contributed by atoms with Gasteiger partial charge >= 0.3 is 5.97 Å². The summed E-state index contributed by atoms with van der Waals surface area (Å²) in [6, 6.07) is 18.4. The van der Waals surface area contributed by atoms with Crippen molar-refractivity contribution >= 4 is 11.9 Å². The molecule has 1 aliphatic heterocycles. The third-order valence-corrected chi connectivity index (χ3v) is 6.03. The van der Waals surface area contributed by atoms with E-state index >= 15 is 0 Å². The number of hydrogen-bond acceptors (Lipinski definition) is 5. The first kappa shape index (κ1) is 22.0. The SMILES string of the molecule is CC(C)[C@H]1CN(Cc2cccc(CC(=O)O)c2)CCN1c1ncc(-c2ccccc2)cn1. The Labute approximate surface area is 189 Å². The fourth-order valence-electron chi connectivity index (χ4n) is 4.35. The molecule has 32 heavy (non-hydrogen) atoms. The van der Waals surface area contributed by atoms with Crippen molar-refractivity contribution in [3.63, 3.8) is 0 Å². The summed E-state index contributed by atoms with van der Waals surface area (Å²) in [7, 11) is 0. The van der Waals surface area contributed by atoms with Crippen LogP contribution in [0.25, 0.3) is 11.1 Å². The smallest absolute Gasteiger partial charge is 0.307 e. The van der Waals surface area contributed by atoms with Crippen molar-refractivity contribution in [2.24, 2.45) is 5.92 Å². The Kier molecular flexibility index (Phi) is 6.81. The number of carboxylic acids is 1. The second-order valence-electron chi connectivity index (χ2n) is 8.77. The lowest BCUT2D eigenvalue weighted by Crippen LogP contribution is -2.55. The number of benzene rings is 2. The quantitative estimate of drug-likeness (QED) is 0.608. The van der Waals surface area contributed by atoms with Crippen molar-refractivity contribution in [2.75, 3.05) is 24.5 Å². The summed E-state index contributed by atoms with van der Waals surface area (Å²) in [4.78, 5) is 25.2. The maximum Gasteiger partial charge on any atom is 0.307 e. The average molecular weight is 431 g/mol. The Morgan fingerprint density at radius 3 is 2.41 bits per heavy atom. The third kappa shape index (κ3) is 5.32. The Balaban J connectivity index is 1.45. The minimum absolute atomic E-state index is 0.0621. The minimum atomic E-state index is -0.797. The van der Waals surface area contributed by atoms with E-state index in [0.29, 0.717) is 12.0 Å². The van der Waals surface area contributed by atoms with E-state index in [-0.39, 0.29) is 6.42 Å². The van der Waals surface area contributed by atoms with Gasteiger partial charge in [-0.05, 0) is 22.6 Å². The summed E-state index contributed by atoms with van der Waals surface area (Å²) < 4.78 is 0. The highest BCUT2D eigenvalue weighted by Gasteiger charge is 2.31. The largest absolute Gasteiger partial charge is 0.481 e. The molecule has 6 nitrogen and oxygen atoms in total. The van der Waals surface area contributed by atoms with E-state index in [1.54, 1.807) is 0 Å². The van der Waals surface area contributed by atoms with Gasteiger partial charge in [-0.1, -0.05) is 68.4 Å². The highest BCUT2D eigenvalue weighted by Crippen LogP contribution is 2.25. The molecule has 0 unspecified atom stereocenters. The number of carboxylic acid groups (broad SMARTS) is 1. The lowest BCUT2D eigenvalue weighted by Gasteiger charge is -2.43. The summed E-state index contributed by atoms with van der Waals surface area (Å²) in [5.74, 6) is 0.439. The summed E-state index contributed by atoms with van der Waals surface area (Å²) in [5, 5.41) is 9.07. The number of aromatic nitrogens is 2. The van der Waals surface area contributed by atoms with Gasteiger partial charge in [0.2, 0.25) is 5.95 Å². The standard InChI is InChI=1S/C26H30N4O2/c1-19(2)24-18-29(17-21-8-6-7-20(13-21)14-25(31)32)11-12-30(24)26-27-15-23(16-28-26)22-9-4-3-5-10-22/h3-10,13,15-16,19,24H,11-12,14,17-18H2,1-2H3,(H,31,32)/t24-/m1/s1. The zero-order valence-corrected chi connectivity index (χ0v) is 18.7. The van der Waals surface area contributed by atoms with E-state index in [1.165, 1.54) is 0 Å². The molecule has 6 heteroatoms. The molecule has 166 valence electrons. The molecule has 1 aliphatic rings. The molecule has 0 bridgehead atoms. The number of hydrogen-bond donors (Lipinski definition) is 1. The van der Waals surface area contributed by atoms with Crippen LogP contribution in [-0.4, -0.2) is 51.6 Å². The Hall–Kier alpha value is -3.25. The molecule has 1 fully saturated rings.